The third kappa shape index (κ3) is 1.44. The van der Waals surface area contributed by atoms with E-state index in [0.29, 0.717) is 5.03 Å². The molecule has 10 heavy (non-hydrogen) atoms. The Morgan fingerprint density at radius 1 is 1.40 bits per heavy atom. The number of hydrogen-bond donors (Lipinski definition) is 0. The molecule has 0 N–H and O–H groups in total. The fraction of sp³-hybridized carbons (Fsp3) is 0.667. The third-order valence-electron chi connectivity index (χ3n) is 1.14. The maximum Gasteiger partial charge on any atom is 0.0315 e. The Morgan fingerprint density at radius 3 is 2.20 bits per heavy atom. The lowest BCUT2D eigenvalue weighted by atomic mass is 9.95. The van der Waals surface area contributed by atoms with Crippen LogP contribution in [0.1, 0.15) is 25.6 Å². The van der Waals surface area contributed by atoms with Crippen LogP contribution in [-0.4, -0.2) is 9.59 Å². The molecule has 0 atom stereocenters. The molecule has 4 heteroatoms. The molecule has 0 bridgehead atoms. The van der Waals surface area contributed by atoms with Crippen molar-refractivity contribution in [3.05, 3.63) is 4.88 Å². The van der Waals surface area contributed by atoms with Crippen LogP contribution < -0.4 is 0 Å². The van der Waals surface area contributed by atoms with Crippen molar-refractivity contribution in [1.82, 2.24) is 9.59 Å². The Kier molecular flexibility index (Phi) is 1.92. The molecule has 1 heterocycles. The van der Waals surface area contributed by atoms with Crippen LogP contribution in [0.25, 0.3) is 0 Å². The molecular weight excluding hydrogens is 164 g/mol. The van der Waals surface area contributed by atoms with E-state index in [1.54, 1.807) is 0 Å². The summed E-state index contributed by atoms with van der Waals surface area (Å²) in [5.41, 5.74) is 0.102. The van der Waals surface area contributed by atoms with Gasteiger partial charge in [0.1, 0.15) is 0 Å². The smallest absolute Gasteiger partial charge is 0.0315 e. The lowest BCUT2D eigenvalue weighted by Crippen LogP contribution is -2.09. The summed E-state index contributed by atoms with van der Waals surface area (Å²) in [7, 11) is 0. The van der Waals surface area contributed by atoms with E-state index in [1.165, 1.54) is 11.5 Å². The zero-order valence-corrected chi connectivity index (χ0v) is 7.84. The van der Waals surface area contributed by atoms with Crippen LogP contribution in [-0.2, 0) is 18.0 Å². The first-order chi connectivity index (χ1) is 4.52. The molecule has 0 spiro atoms. The first-order valence-corrected chi connectivity index (χ1v) is 4.20. The van der Waals surface area contributed by atoms with E-state index in [4.69, 9.17) is 12.6 Å². The average Bonchev–Trinajstić information content (AvgIpc) is 2.11. The van der Waals surface area contributed by atoms with Crippen molar-refractivity contribution in [1.29, 1.82) is 0 Å². The van der Waals surface area contributed by atoms with E-state index >= 15 is 0 Å². The summed E-state index contributed by atoms with van der Waals surface area (Å²) >= 11 is 6.36. The van der Waals surface area contributed by atoms with E-state index in [-0.39, 0.29) is 5.41 Å². The van der Waals surface area contributed by atoms with Gasteiger partial charge in [-0.2, -0.15) is 5.10 Å². The third-order valence-corrected chi connectivity index (χ3v) is 2.71. The van der Waals surface area contributed by atoms with Gasteiger partial charge in [0.15, 0.2) is 0 Å². The average molecular weight is 173 g/mol. The lowest BCUT2D eigenvalue weighted by Gasteiger charge is -2.18. The van der Waals surface area contributed by atoms with Gasteiger partial charge in [0, 0.05) is 4.88 Å². The van der Waals surface area contributed by atoms with Crippen molar-refractivity contribution in [2.75, 3.05) is 0 Å². The van der Waals surface area contributed by atoms with Gasteiger partial charge >= 0.3 is 0 Å². The summed E-state index contributed by atoms with van der Waals surface area (Å²) in [5.74, 6) is 0. The number of hydrogen-bond acceptors (Lipinski definition) is 4. The molecule has 0 aliphatic heterocycles. The largest absolute Gasteiger partial charge is 0.757 e. The first-order valence-electron chi connectivity index (χ1n) is 3.01. The molecule has 0 aliphatic carbocycles. The van der Waals surface area contributed by atoms with Gasteiger partial charge in [-0.05, 0) is 22.0 Å². The normalized spacial score (nSPS) is 11.9. The van der Waals surface area contributed by atoms with Gasteiger partial charge in [0.05, 0.1) is 0 Å². The van der Waals surface area contributed by atoms with E-state index in [1.807, 2.05) is 0 Å². The Balaban J connectivity index is 3.05. The highest BCUT2D eigenvalue weighted by molar-refractivity contribution is 7.59. The van der Waals surface area contributed by atoms with Crippen molar-refractivity contribution in [3.8, 4) is 0 Å². The van der Waals surface area contributed by atoms with E-state index < -0.39 is 0 Å². The molecule has 0 aromatic carbocycles. The summed E-state index contributed by atoms with van der Waals surface area (Å²) in [6.07, 6.45) is 0. The van der Waals surface area contributed by atoms with Gasteiger partial charge in [-0.15, -0.1) is 0 Å². The van der Waals surface area contributed by atoms with Crippen LogP contribution in [0.15, 0.2) is 5.03 Å². The van der Waals surface area contributed by atoms with Crippen LogP contribution in [0.5, 0.6) is 0 Å². The van der Waals surface area contributed by atoms with E-state index in [0.717, 1.165) is 4.88 Å². The molecule has 0 saturated carbocycles. The molecular formula is C6H9N2S2-. The SMILES string of the molecule is CC(C)(C)c1snnc1[S-]. The minimum atomic E-state index is 0.102. The fourth-order valence-electron chi connectivity index (χ4n) is 0.641. The van der Waals surface area contributed by atoms with Crippen LogP contribution in [0.2, 0.25) is 0 Å². The van der Waals surface area contributed by atoms with Gasteiger partial charge in [-0.25, -0.2) is 0 Å². The van der Waals surface area contributed by atoms with Crippen molar-refractivity contribution < 1.29 is 0 Å². The Bertz CT molecular complexity index is 224. The minimum absolute atomic E-state index is 0.102. The zero-order chi connectivity index (χ0) is 7.78. The van der Waals surface area contributed by atoms with Crippen LogP contribution in [0, 0.1) is 0 Å². The second kappa shape index (κ2) is 2.43. The van der Waals surface area contributed by atoms with Crippen LogP contribution >= 0.6 is 11.5 Å². The van der Waals surface area contributed by atoms with E-state index in [2.05, 4.69) is 30.4 Å². The summed E-state index contributed by atoms with van der Waals surface area (Å²) in [4.78, 5) is 1.10. The second-order valence-corrected chi connectivity index (χ2v) is 4.30. The summed E-state index contributed by atoms with van der Waals surface area (Å²) < 4.78 is 3.78. The zero-order valence-electron chi connectivity index (χ0n) is 6.21. The topological polar surface area (TPSA) is 25.8 Å². The summed E-state index contributed by atoms with van der Waals surface area (Å²) in [6.45, 7) is 6.33. The predicted molar refractivity (Wildman–Crippen MR) is 44.2 cm³/mol. The Morgan fingerprint density at radius 2 is 2.00 bits per heavy atom. The van der Waals surface area contributed by atoms with Gasteiger partial charge in [0.2, 0.25) is 0 Å². The standard InChI is InChI=1S/C6H10N2S2/c1-6(2,3)4-5(9)7-8-10-4/h9H,1-3H3/p-1. The monoisotopic (exact) mass is 173 g/mol. The highest BCUT2D eigenvalue weighted by Crippen LogP contribution is 2.27. The van der Waals surface area contributed by atoms with Gasteiger partial charge in [-0.1, -0.05) is 25.3 Å². The molecule has 0 aliphatic rings. The second-order valence-electron chi connectivity index (χ2n) is 3.16. The Labute approximate surface area is 70.2 Å². The number of aromatic nitrogens is 2. The summed E-state index contributed by atoms with van der Waals surface area (Å²) in [6, 6.07) is 0. The molecule has 2 nitrogen and oxygen atoms in total. The summed E-state index contributed by atoms with van der Waals surface area (Å²) in [5, 5.41) is 4.42. The van der Waals surface area contributed by atoms with Gasteiger partial charge in [0.25, 0.3) is 0 Å². The predicted octanol–water partition coefficient (Wildman–Crippen LogP) is 1.74. The fourth-order valence-corrected chi connectivity index (χ4v) is 1.75. The number of rotatable bonds is 0. The molecule has 0 unspecified atom stereocenters. The maximum absolute atomic E-state index is 4.97. The molecule has 1 rings (SSSR count). The van der Waals surface area contributed by atoms with Gasteiger partial charge in [-0.3, -0.25) is 0 Å². The quantitative estimate of drug-likeness (QED) is 0.559. The number of nitrogens with zero attached hydrogens (tertiary/aromatic N) is 2. The lowest BCUT2D eigenvalue weighted by molar-refractivity contribution is 0.588. The van der Waals surface area contributed by atoms with Crippen molar-refractivity contribution in [2.24, 2.45) is 0 Å². The Hall–Kier alpha value is -0.220. The highest BCUT2D eigenvalue weighted by Gasteiger charge is 2.16. The minimum Gasteiger partial charge on any atom is -0.757 e. The molecule has 0 radical (unpaired) electrons. The first kappa shape index (κ1) is 7.88. The van der Waals surface area contributed by atoms with Crippen molar-refractivity contribution in [3.63, 3.8) is 0 Å². The maximum atomic E-state index is 4.97. The van der Waals surface area contributed by atoms with Crippen molar-refractivity contribution >= 4 is 24.2 Å². The molecule has 0 saturated heterocycles. The van der Waals surface area contributed by atoms with Crippen molar-refractivity contribution in [2.45, 2.75) is 31.2 Å². The molecule has 0 amide bonds. The van der Waals surface area contributed by atoms with Crippen LogP contribution in [0.3, 0.4) is 0 Å². The molecule has 1 aromatic rings. The molecule has 1 aromatic heterocycles. The van der Waals surface area contributed by atoms with Crippen LogP contribution in [0.4, 0.5) is 0 Å². The molecule has 56 valence electrons. The highest BCUT2D eigenvalue weighted by atomic mass is 32.1. The molecule has 0 fully saturated rings. The van der Waals surface area contributed by atoms with Gasteiger partial charge < -0.3 is 12.6 Å². The van der Waals surface area contributed by atoms with E-state index in [9.17, 15) is 0 Å².